The van der Waals surface area contributed by atoms with Gasteiger partial charge in [-0.3, -0.25) is 0 Å². The standard InChI is InChI=1S/2C18H27P.2ClH.Pd/c2*1-14-8-7-9-15(2)18(14)19(16-10-3-4-11-16)17-12-5-6-13-17;;;/h2*7-9,16-17H,3-6,10-13H2,1-2H3;2*1H;. The van der Waals surface area contributed by atoms with Crippen LogP contribution in [0.1, 0.15) is 125 Å². The van der Waals surface area contributed by atoms with Crippen molar-refractivity contribution in [3.8, 4) is 0 Å². The van der Waals surface area contributed by atoms with E-state index < -0.39 is 23.4 Å². The first kappa shape index (κ1) is 31.5. The molecule has 0 N–H and O–H groups in total. The Morgan fingerprint density at radius 1 is 0.463 bits per heavy atom. The molecule has 0 saturated heterocycles. The zero-order chi connectivity index (χ0) is 28.8. The SMILES string of the molecule is Cc1cccc(C)c1[PH](C1CCCC1)(C1CCCC1)[Pd]([Cl])([Cl])[PH](c1c(C)cccc1C)(C1CCCC1)C1CCCC1. The van der Waals surface area contributed by atoms with Gasteiger partial charge in [0.1, 0.15) is 0 Å². The third-order valence-corrected chi connectivity index (χ3v) is 66.2. The van der Waals surface area contributed by atoms with E-state index in [0.29, 0.717) is 0 Å². The van der Waals surface area contributed by atoms with Crippen molar-refractivity contribution in [3.63, 3.8) is 0 Å². The fraction of sp³-hybridized carbons (Fsp3) is 0.667. The van der Waals surface area contributed by atoms with Crippen LogP contribution in [0.2, 0.25) is 0 Å². The molecule has 6 rings (SSSR count). The summed E-state index contributed by atoms with van der Waals surface area (Å²) in [6.45, 7) is 9.78. The monoisotopic (exact) mass is 726 g/mol. The summed E-state index contributed by atoms with van der Waals surface area (Å²) < 4.78 is 0. The first-order chi connectivity index (χ1) is 19.8. The van der Waals surface area contributed by atoms with Gasteiger partial charge in [0.25, 0.3) is 0 Å². The Labute approximate surface area is 263 Å². The molecule has 0 unspecified atom stereocenters. The Morgan fingerprint density at radius 3 is 0.902 bits per heavy atom. The van der Waals surface area contributed by atoms with E-state index in [2.05, 4.69) is 64.1 Å². The molecule has 5 heteroatoms. The molecular weight excluding hydrogens is 672 g/mol. The van der Waals surface area contributed by atoms with Crippen LogP contribution in [-0.4, -0.2) is 22.6 Å². The van der Waals surface area contributed by atoms with E-state index in [-0.39, 0.29) is 0 Å². The van der Waals surface area contributed by atoms with Crippen LogP contribution in [0, 0.1) is 27.7 Å². The van der Waals surface area contributed by atoms with Crippen molar-refractivity contribution in [1.29, 1.82) is 0 Å². The summed E-state index contributed by atoms with van der Waals surface area (Å²) in [4.78, 5) is 0. The minimum absolute atomic E-state index is 0.774. The third-order valence-electron chi connectivity index (χ3n) is 12.1. The van der Waals surface area contributed by atoms with Crippen LogP contribution < -0.4 is 10.6 Å². The molecule has 0 aliphatic heterocycles. The number of benzene rings is 2. The predicted molar refractivity (Wildman–Crippen MR) is 188 cm³/mol. The number of hydrogen-bond acceptors (Lipinski definition) is 0. The normalized spacial score (nSPS) is 23.6. The zero-order valence-electron chi connectivity index (χ0n) is 26.2. The summed E-state index contributed by atoms with van der Waals surface area (Å²) >= 11 is -3.09. The van der Waals surface area contributed by atoms with Crippen LogP contribution in [-0.2, 0) is 12.5 Å². The second-order valence-electron chi connectivity index (χ2n) is 14.3. The van der Waals surface area contributed by atoms with Crippen LogP contribution in [0.25, 0.3) is 0 Å². The summed E-state index contributed by atoms with van der Waals surface area (Å²) in [5, 5.41) is 3.56. The number of halogens is 2. The quantitative estimate of drug-likeness (QED) is 0.188. The van der Waals surface area contributed by atoms with E-state index in [1.165, 1.54) is 103 Å². The average molecular weight is 728 g/mol. The van der Waals surface area contributed by atoms with Crippen molar-refractivity contribution < 1.29 is 12.5 Å². The van der Waals surface area contributed by atoms with E-state index in [0.717, 1.165) is 22.6 Å². The van der Waals surface area contributed by atoms with Crippen LogP contribution in [0.15, 0.2) is 36.4 Å². The molecule has 2 aromatic rings. The topological polar surface area (TPSA) is 0 Å². The van der Waals surface area contributed by atoms with Crippen molar-refractivity contribution in [2.45, 2.75) is 153 Å². The fourth-order valence-electron chi connectivity index (χ4n) is 10.6. The second kappa shape index (κ2) is 12.7. The molecule has 0 bridgehead atoms. The van der Waals surface area contributed by atoms with Gasteiger partial charge in [0.2, 0.25) is 0 Å². The number of hydrogen-bond donors (Lipinski definition) is 0. The molecule has 234 valence electrons. The van der Waals surface area contributed by atoms with Crippen molar-refractivity contribution in [3.05, 3.63) is 58.7 Å². The van der Waals surface area contributed by atoms with Crippen LogP contribution in [0.5, 0.6) is 0 Å². The summed E-state index contributed by atoms with van der Waals surface area (Å²) in [5.74, 6) is 0. The molecule has 0 spiro atoms. The molecule has 2 aromatic carbocycles. The molecule has 0 heterocycles. The van der Waals surface area contributed by atoms with Crippen molar-refractivity contribution in [1.82, 2.24) is 0 Å². The molecule has 41 heavy (non-hydrogen) atoms. The predicted octanol–water partition coefficient (Wildman–Crippen LogP) is 11.4. The molecular formula is C36H56Cl2P2Pd. The Hall–Kier alpha value is 0.542. The molecule has 0 radical (unpaired) electrons. The maximum absolute atomic E-state index is 9.10. The van der Waals surface area contributed by atoms with E-state index in [4.69, 9.17) is 19.1 Å². The molecule has 4 aliphatic carbocycles. The average Bonchev–Trinajstić information content (AvgIpc) is 3.77. The maximum atomic E-state index is 9.10. The first-order valence-corrected chi connectivity index (χ1v) is 29.6. The van der Waals surface area contributed by atoms with E-state index in [9.17, 15) is 0 Å². The Bertz CT molecular complexity index is 1050. The summed E-state index contributed by atoms with van der Waals surface area (Å²) in [6.07, 6.45) is 22.2. The van der Waals surface area contributed by atoms with Gasteiger partial charge in [-0.05, 0) is 0 Å². The Morgan fingerprint density at radius 2 is 0.683 bits per heavy atom. The fourth-order valence-corrected chi connectivity index (χ4v) is 85.8. The van der Waals surface area contributed by atoms with Gasteiger partial charge in [0.05, 0.1) is 0 Å². The van der Waals surface area contributed by atoms with Gasteiger partial charge >= 0.3 is 265 Å². The molecule has 0 amide bonds. The van der Waals surface area contributed by atoms with Gasteiger partial charge in [-0.25, -0.2) is 0 Å². The van der Waals surface area contributed by atoms with E-state index >= 15 is 0 Å². The molecule has 4 saturated carbocycles. The number of aryl methyl sites for hydroxylation is 4. The minimum atomic E-state index is -3.09. The van der Waals surface area contributed by atoms with Crippen LogP contribution in [0.4, 0.5) is 0 Å². The molecule has 0 nitrogen and oxygen atoms in total. The zero-order valence-corrected chi connectivity index (χ0v) is 31.2. The summed E-state index contributed by atoms with van der Waals surface area (Å²) in [7, 11) is 18.2. The van der Waals surface area contributed by atoms with Crippen LogP contribution in [0.3, 0.4) is 0 Å². The van der Waals surface area contributed by atoms with Gasteiger partial charge in [0.15, 0.2) is 0 Å². The number of rotatable bonds is 8. The molecule has 4 fully saturated rings. The molecule has 4 aliphatic rings. The van der Waals surface area contributed by atoms with E-state index in [1.807, 2.05) is 0 Å². The molecule has 0 atom stereocenters. The molecule has 0 aromatic heterocycles. The first-order valence-electron chi connectivity index (χ1n) is 17.0. The van der Waals surface area contributed by atoms with Crippen molar-refractivity contribution >= 4 is 40.6 Å². The van der Waals surface area contributed by atoms with Crippen LogP contribution >= 0.6 is 30.0 Å². The van der Waals surface area contributed by atoms with E-state index in [1.54, 1.807) is 32.9 Å². The van der Waals surface area contributed by atoms with Gasteiger partial charge < -0.3 is 0 Å². The van der Waals surface area contributed by atoms with Gasteiger partial charge in [-0.1, -0.05) is 0 Å². The van der Waals surface area contributed by atoms with Crippen molar-refractivity contribution in [2.75, 3.05) is 0 Å². The summed E-state index contributed by atoms with van der Waals surface area (Å²) in [5.41, 5.74) is 4.50. The van der Waals surface area contributed by atoms with Crippen molar-refractivity contribution in [2.24, 2.45) is 0 Å². The third kappa shape index (κ3) is 4.93. The Balaban J connectivity index is 1.76. The van der Waals surface area contributed by atoms with Gasteiger partial charge in [-0.2, -0.15) is 0 Å². The van der Waals surface area contributed by atoms with Gasteiger partial charge in [0, 0.05) is 0 Å². The summed E-state index contributed by atoms with van der Waals surface area (Å²) in [6, 6.07) is 14.4. The second-order valence-corrected chi connectivity index (χ2v) is 48.1. The Kier molecular flexibility index (Phi) is 9.79. The van der Waals surface area contributed by atoms with Gasteiger partial charge in [-0.15, -0.1) is 0 Å².